The molecular weight excluding hydrogens is 190 g/mol. The third-order valence-corrected chi connectivity index (χ3v) is 2.40. The molecule has 3 nitrogen and oxygen atoms in total. The summed E-state index contributed by atoms with van der Waals surface area (Å²) >= 11 is 5.62. The molecule has 1 heterocycles. The monoisotopic (exact) mass is 198 g/mol. The molecule has 1 unspecified atom stereocenters. The molecule has 2 rings (SSSR count). The van der Waals surface area contributed by atoms with Gasteiger partial charge in [-0.25, -0.2) is 4.84 Å². The highest BCUT2D eigenvalue weighted by molar-refractivity contribution is 6.18. The van der Waals surface area contributed by atoms with Crippen LogP contribution >= 0.6 is 11.6 Å². The first-order valence-corrected chi connectivity index (χ1v) is 4.62. The van der Waals surface area contributed by atoms with Gasteiger partial charge >= 0.3 is 5.69 Å². The van der Waals surface area contributed by atoms with E-state index in [-0.39, 0.29) is 6.10 Å². The molecule has 0 saturated carbocycles. The Morgan fingerprint density at radius 2 is 2.31 bits per heavy atom. The van der Waals surface area contributed by atoms with E-state index in [1.54, 1.807) is 6.07 Å². The molecule has 4 heteroatoms. The lowest BCUT2D eigenvalue weighted by molar-refractivity contribution is -0.759. The first kappa shape index (κ1) is 8.51. The highest BCUT2D eigenvalue weighted by Gasteiger charge is 2.32. The summed E-state index contributed by atoms with van der Waals surface area (Å²) in [4.78, 5) is 16.8. The second-order valence-electron chi connectivity index (χ2n) is 2.97. The predicted octanol–water partition coefficient (Wildman–Crippen LogP) is 2.19. The van der Waals surface area contributed by atoms with Crippen molar-refractivity contribution in [2.45, 2.75) is 12.5 Å². The molecule has 0 amide bonds. The van der Waals surface area contributed by atoms with Crippen molar-refractivity contribution in [3.05, 3.63) is 34.7 Å². The second-order valence-corrected chi connectivity index (χ2v) is 3.28. The fraction of sp³-hybridized carbons (Fsp3) is 0.333. The van der Waals surface area contributed by atoms with Gasteiger partial charge in [0.2, 0.25) is 0 Å². The zero-order valence-corrected chi connectivity index (χ0v) is 7.70. The molecule has 1 aromatic carbocycles. The lowest BCUT2D eigenvalue weighted by Gasteiger charge is -2.13. The van der Waals surface area contributed by atoms with E-state index >= 15 is 0 Å². The topological polar surface area (TPSA) is 29.3 Å². The van der Waals surface area contributed by atoms with Crippen molar-refractivity contribution in [1.82, 2.24) is 0 Å². The van der Waals surface area contributed by atoms with Crippen molar-refractivity contribution >= 4 is 17.3 Å². The number of hydrogen-bond acceptors (Lipinski definition) is 2. The smallest absolute Gasteiger partial charge is 0.222 e. The van der Waals surface area contributed by atoms with Crippen molar-refractivity contribution in [3.8, 4) is 0 Å². The van der Waals surface area contributed by atoms with Crippen LogP contribution in [-0.4, -0.2) is 16.9 Å². The maximum atomic E-state index is 11.3. The van der Waals surface area contributed by atoms with Crippen LogP contribution in [0.3, 0.4) is 0 Å². The summed E-state index contributed by atoms with van der Waals surface area (Å²) in [5, 5.41) is 0. The van der Waals surface area contributed by atoms with Gasteiger partial charge in [-0.3, -0.25) is 0 Å². The molecule has 1 aromatic rings. The van der Waals surface area contributed by atoms with Gasteiger partial charge in [0.05, 0.1) is 10.8 Å². The molecule has 0 radical (unpaired) electrons. The Balaban J connectivity index is 2.37. The van der Waals surface area contributed by atoms with Crippen LogP contribution in [0.15, 0.2) is 24.3 Å². The number of nitrogens with zero attached hydrogens (tertiary/aromatic N) is 1. The molecule has 0 saturated heterocycles. The predicted molar refractivity (Wildman–Crippen MR) is 49.0 cm³/mol. The third-order valence-electron chi connectivity index (χ3n) is 2.05. The Hall–Kier alpha value is -1.09. The van der Waals surface area contributed by atoms with Crippen molar-refractivity contribution in [2.24, 2.45) is 0 Å². The van der Waals surface area contributed by atoms with Gasteiger partial charge in [0.15, 0.2) is 6.10 Å². The summed E-state index contributed by atoms with van der Waals surface area (Å²) in [5.74, 6) is 0.340. The minimum absolute atomic E-state index is 0.200. The largest absolute Gasteiger partial charge is 0.320 e. The van der Waals surface area contributed by atoms with Crippen LogP contribution in [0.1, 0.15) is 5.56 Å². The van der Waals surface area contributed by atoms with Crippen LogP contribution in [-0.2, 0) is 11.3 Å². The molecule has 1 aliphatic heterocycles. The quantitative estimate of drug-likeness (QED) is 0.648. The first-order chi connectivity index (χ1) is 6.31. The zero-order valence-electron chi connectivity index (χ0n) is 6.94. The van der Waals surface area contributed by atoms with Crippen LogP contribution in [0.4, 0.5) is 5.69 Å². The van der Waals surface area contributed by atoms with Gasteiger partial charge in [-0.15, -0.1) is 11.6 Å². The van der Waals surface area contributed by atoms with Crippen molar-refractivity contribution in [3.63, 3.8) is 0 Å². The van der Waals surface area contributed by atoms with Crippen LogP contribution in [0.25, 0.3) is 0 Å². The Morgan fingerprint density at radius 1 is 1.54 bits per heavy atom. The number of rotatable bonds is 1. The molecule has 0 spiro atoms. The molecule has 0 bridgehead atoms. The fourth-order valence-electron chi connectivity index (χ4n) is 1.42. The summed E-state index contributed by atoms with van der Waals surface area (Å²) in [6.07, 6.45) is 0.507. The Kier molecular flexibility index (Phi) is 2.19. The fourth-order valence-corrected chi connectivity index (χ4v) is 1.58. The van der Waals surface area contributed by atoms with Gasteiger partial charge in [-0.1, -0.05) is 18.2 Å². The van der Waals surface area contributed by atoms with E-state index in [1.807, 2.05) is 18.2 Å². The second kappa shape index (κ2) is 3.34. The van der Waals surface area contributed by atoms with Gasteiger partial charge in [-0.05, 0) is 0 Å². The van der Waals surface area contributed by atoms with Gasteiger partial charge < -0.3 is 0 Å². The van der Waals surface area contributed by atoms with E-state index in [0.29, 0.717) is 22.9 Å². The number of halogens is 1. The summed E-state index contributed by atoms with van der Waals surface area (Å²) in [7, 11) is 0. The minimum atomic E-state index is -0.200. The average molecular weight is 199 g/mol. The highest BCUT2D eigenvalue weighted by atomic mass is 35.5. The maximum absolute atomic E-state index is 11.3. The lowest BCUT2D eigenvalue weighted by atomic mass is 10.1. The lowest BCUT2D eigenvalue weighted by Crippen LogP contribution is -2.27. The normalized spacial score (nSPS) is 20.7. The summed E-state index contributed by atoms with van der Waals surface area (Å²) in [6, 6.07) is 7.38. The first-order valence-electron chi connectivity index (χ1n) is 4.09. The van der Waals surface area contributed by atoms with Crippen LogP contribution in [0, 0.1) is 4.91 Å². The van der Waals surface area contributed by atoms with Gasteiger partial charge in [0, 0.05) is 18.1 Å². The molecular formula is C9H9ClNO2+. The van der Waals surface area contributed by atoms with Crippen LogP contribution in [0.2, 0.25) is 0 Å². The molecule has 13 heavy (non-hydrogen) atoms. The number of fused-ring (bicyclic) bond motifs is 1. The zero-order chi connectivity index (χ0) is 9.26. The van der Waals surface area contributed by atoms with Crippen molar-refractivity contribution < 1.29 is 9.76 Å². The third kappa shape index (κ3) is 1.52. The number of alkyl halides is 1. The molecule has 68 valence electrons. The van der Waals surface area contributed by atoms with E-state index in [9.17, 15) is 4.91 Å². The van der Waals surface area contributed by atoms with Crippen LogP contribution < -0.4 is 0 Å². The maximum Gasteiger partial charge on any atom is 0.320 e. The summed E-state index contributed by atoms with van der Waals surface area (Å²) < 4.78 is 0. The van der Waals surface area contributed by atoms with Crippen LogP contribution in [0.5, 0.6) is 0 Å². The molecule has 0 N–H and O–H groups in total. The summed E-state index contributed by atoms with van der Waals surface area (Å²) in [5.41, 5.74) is 1.58. The average Bonchev–Trinajstić information content (AvgIpc) is 2.18. The van der Waals surface area contributed by atoms with Crippen molar-refractivity contribution in [2.75, 3.05) is 5.88 Å². The minimum Gasteiger partial charge on any atom is -0.222 e. The Bertz CT molecular complexity index is 340. The Labute approximate surface area is 80.8 Å². The van der Waals surface area contributed by atoms with E-state index in [0.717, 1.165) is 5.56 Å². The van der Waals surface area contributed by atoms with E-state index in [1.165, 1.54) is 0 Å². The molecule has 0 aliphatic carbocycles. The number of para-hydroxylation sites is 1. The van der Waals surface area contributed by atoms with Gasteiger partial charge in [0.1, 0.15) is 0 Å². The number of benzene rings is 1. The van der Waals surface area contributed by atoms with Gasteiger partial charge in [-0.2, -0.15) is 0 Å². The molecule has 1 aliphatic rings. The SMILES string of the molecule is O=[N+]1OC(CCl)Cc2ccccc21. The van der Waals surface area contributed by atoms with E-state index in [2.05, 4.69) is 0 Å². The molecule has 0 fully saturated rings. The van der Waals surface area contributed by atoms with E-state index < -0.39 is 0 Å². The Morgan fingerprint density at radius 3 is 3.08 bits per heavy atom. The molecule has 1 atom stereocenters. The van der Waals surface area contributed by atoms with Crippen molar-refractivity contribution in [1.29, 1.82) is 0 Å². The standard InChI is InChI=1S/C9H9ClNO2/c10-6-8-5-7-3-1-2-4-9(7)11(12)13-8/h1-4,8H,5-6H2/q+1. The summed E-state index contributed by atoms with van der Waals surface area (Å²) in [6.45, 7) is 0. The highest BCUT2D eigenvalue weighted by Crippen LogP contribution is 2.26. The number of hydrogen-bond donors (Lipinski definition) is 0. The van der Waals surface area contributed by atoms with Gasteiger partial charge in [0.25, 0.3) is 4.92 Å². The molecule has 0 aromatic heterocycles. The van der Waals surface area contributed by atoms with E-state index in [4.69, 9.17) is 16.4 Å².